The lowest BCUT2D eigenvalue weighted by molar-refractivity contribution is -0.333. The highest BCUT2D eigenvalue weighted by molar-refractivity contribution is 5.73. The normalized spacial score (nSPS) is 36.8. The van der Waals surface area contributed by atoms with Crippen LogP contribution < -0.4 is 10.6 Å². The van der Waals surface area contributed by atoms with Gasteiger partial charge in [0, 0.05) is 13.8 Å². The van der Waals surface area contributed by atoms with Crippen molar-refractivity contribution >= 4 is 11.8 Å². The van der Waals surface area contributed by atoms with Gasteiger partial charge < -0.3 is 55.1 Å². The van der Waals surface area contributed by atoms with Gasteiger partial charge in [-0.25, -0.2) is 0 Å². The lowest BCUT2D eigenvalue weighted by Gasteiger charge is -2.48. The van der Waals surface area contributed by atoms with Gasteiger partial charge in [-0.1, -0.05) is 30.3 Å². The average molecular weight is 515 g/mol. The van der Waals surface area contributed by atoms with Gasteiger partial charge in [0.15, 0.2) is 12.6 Å². The molecule has 2 aliphatic heterocycles. The molecule has 0 aliphatic carbocycles. The molecule has 0 unspecified atom stereocenters. The number of ether oxygens (including phenoxy) is 4. The molecule has 2 saturated heterocycles. The minimum Gasteiger partial charge on any atom is -0.394 e. The molecule has 0 radical (unpaired) electrons. The van der Waals surface area contributed by atoms with Crippen LogP contribution in [-0.2, 0) is 35.1 Å². The van der Waals surface area contributed by atoms with E-state index in [9.17, 15) is 35.1 Å². The summed E-state index contributed by atoms with van der Waals surface area (Å²) in [5.41, 5.74) is 0.812. The summed E-state index contributed by atoms with van der Waals surface area (Å²) in [5, 5.41) is 56.4. The van der Waals surface area contributed by atoms with Gasteiger partial charge >= 0.3 is 0 Å². The maximum atomic E-state index is 11.9. The number of nitrogens with one attached hydrogen (secondary N) is 2. The lowest BCUT2D eigenvalue weighted by atomic mass is 9.94. The molecule has 2 fully saturated rings. The number of aliphatic hydroxyl groups excluding tert-OH is 5. The summed E-state index contributed by atoms with van der Waals surface area (Å²) in [4.78, 5) is 23.6. The Hall–Kier alpha value is -2.20. The first kappa shape index (κ1) is 28.4. The van der Waals surface area contributed by atoms with Gasteiger partial charge in [0.1, 0.15) is 48.7 Å². The van der Waals surface area contributed by atoms with Crippen LogP contribution in [0, 0.1) is 0 Å². The highest BCUT2D eigenvalue weighted by Gasteiger charge is 2.51. The van der Waals surface area contributed by atoms with Gasteiger partial charge in [-0.2, -0.15) is 0 Å². The Labute approximate surface area is 207 Å². The van der Waals surface area contributed by atoms with E-state index in [1.165, 1.54) is 13.8 Å². The zero-order valence-corrected chi connectivity index (χ0v) is 20.0. The lowest BCUT2D eigenvalue weighted by Crippen LogP contribution is -2.69. The van der Waals surface area contributed by atoms with E-state index in [-0.39, 0.29) is 6.61 Å². The van der Waals surface area contributed by atoms with Crippen LogP contribution in [0.4, 0.5) is 0 Å². The molecular weight excluding hydrogens is 480 g/mol. The molecule has 13 nitrogen and oxygen atoms in total. The summed E-state index contributed by atoms with van der Waals surface area (Å²) in [6, 6.07) is 6.73. The van der Waals surface area contributed by atoms with Crippen LogP contribution in [0.5, 0.6) is 0 Å². The molecule has 10 atom stereocenters. The molecule has 3 rings (SSSR count). The fourth-order valence-corrected chi connectivity index (χ4v) is 4.26. The summed E-state index contributed by atoms with van der Waals surface area (Å²) in [6.45, 7) is 1.24. The molecule has 1 aromatic rings. The molecule has 0 saturated carbocycles. The van der Waals surface area contributed by atoms with Crippen LogP contribution in [0.15, 0.2) is 30.3 Å². The Balaban J connectivity index is 1.82. The Morgan fingerprint density at radius 3 is 1.94 bits per heavy atom. The predicted molar refractivity (Wildman–Crippen MR) is 121 cm³/mol. The number of hydrogen-bond acceptors (Lipinski definition) is 11. The third kappa shape index (κ3) is 6.76. The molecule has 0 bridgehead atoms. The van der Waals surface area contributed by atoms with Gasteiger partial charge in [0.25, 0.3) is 0 Å². The second-order valence-corrected chi connectivity index (χ2v) is 8.77. The highest BCUT2D eigenvalue weighted by Crippen LogP contribution is 2.30. The van der Waals surface area contributed by atoms with Crippen LogP contribution in [0.1, 0.15) is 19.4 Å². The second-order valence-electron chi connectivity index (χ2n) is 8.77. The number of rotatable bonds is 9. The van der Waals surface area contributed by atoms with Crippen molar-refractivity contribution in [3.63, 3.8) is 0 Å². The van der Waals surface area contributed by atoms with Crippen molar-refractivity contribution in [2.24, 2.45) is 0 Å². The Bertz CT molecular complexity index is 860. The van der Waals surface area contributed by atoms with Crippen molar-refractivity contribution in [1.82, 2.24) is 10.6 Å². The fraction of sp³-hybridized carbons (Fsp3) is 0.652. The molecule has 0 spiro atoms. The van der Waals surface area contributed by atoms with Crippen LogP contribution >= 0.6 is 0 Å². The first-order valence-corrected chi connectivity index (χ1v) is 11.6. The molecule has 1 aromatic carbocycles. The number of hydrogen-bond donors (Lipinski definition) is 7. The van der Waals surface area contributed by atoms with Crippen LogP contribution in [0.2, 0.25) is 0 Å². The van der Waals surface area contributed by atoms with E-state index in [4.69, 9.17) is 18.9 Å². The predicted octanol–water partition coefficient (Wildman–Crippen LogP) is -2.89. The van der Waals surface area contributed by atoms with Gasteiger partial charge in [-0.3, -0.25) is 9.59 Å². The van der Waals surface area contributed by atoms with Gasteiger partial charge in [0.2, 0.25) is 11.8 Å². The minimum absolute atomic E-state index is 0.0938. The van der Waals surface area contributed by atoms with E-state index >= 15 is 0 Å². The quantitative estimate of drug-likeness (QED) is 0.179. The van der Waals surface area contributed by atoms with E-state index in [0.29, 0.717) is 0 Å². The largest absolute Gasteiger partial charge is 0.394 e. The Morgan fingerprint density at radius 1 is 0.833 bits per heavy atom. The van der Waals surface area contributed by atoms with E-state index < -0.39 is 86.3 Å². The number of aliphatic hydroxyl groups is 5. The summed E-state index contributed by atoms with van der Waals surface area (Å²) in [7, 11) is 0. The maximum Gasteiger partial charge on any atom is 0.217 e. The molecule has 36 heavy (non-hydrogen) atoms. The van der Waals surface area contributed by atoms with Crippen LogP contribution in [0.3, 0.4) is 0 Å². The number of amides is 2. The summed E-state index contributed by atoms with van der Waals surface area (Å²) in [6.07, 6.45) is -11.0. The molecule has 202 valence electrons. The third-order valence-electron chi connectivity index (χ3n) is 6.02. The van der Waals surface area contributed by atoms with Gasteiger partial charge in [-0.15, -0.1) is 0 Å². The van der Waals surface area contributed by atoms with E-state index in [1.807, 2.05) is 30.3 Å². The summed E-state index contributed by atoms with van der Waals surface area (Å²) >= 11 is 0. The molecule has 2 heterocycles. The standard InChI is InChI=1S/C23H34N2O11/c1-11(28)24-16-19(31)18(30)14(8-26)34-23(16)36-21-15(9-27)35-22(17(20(21)32)25-12(2)29)33-10-13-6-4-3-5-7-13/h3-7,14-23,26-27,30-32H,8-10H2,1-2H3,(H,24,28)(H,25,29)/t14-,15-,16-,17-,18-,19-,20-,21-,22-,23+/m1/s1. The highest BCUT2D eigenvalue weighted by atomic mass is 16.7. The SMILES string of the molecule is CC(=O)N[C@H]1[C@H](OCc2ccccc2)O[C@H](CO)[C@@H](O[C@@H]2O[C@H](CO)[C@@H](O)[C@H](O)[C@H]2NC(C)=O)[C@@H]1O. The van der Waals surface area contributed by atoms with E-state index in [0.717, 1.165) is 5.56 Å². The van der Waals surface area contributed by atoms with Gasteiger partial charge in [0.05, 0.1) is 19.8 Å². The fourth-order valence-electron chi connectivity index (χ4n) is 4.26. The third-order valence-corrected chi connectivity index (χ3v) is 6.02. The zero-order chi connectivity index (χ0) is 26.4. The first-order valence-electron chi connectivity index (χ1n) is 11.6. The molecular formula is C23H34N2O11. The molecule has 2 aliphatic rings. The Kier molecular flexibility index (Phi) is 10.1. The smallest absolute Gasteiger partial charge is 0.217 e. The Morgan fingerprint density at radius 2 is 1.39 bits per heavy atom. The van der Waals surface area contributed by atoms with Crippen molar-refractivity contribution in [2.45, 2.75) is 81.7 Å². The number of carbonyl (C=O) groups excluding carboxylic acids is 2. The zero-order valence-electron chi connectivity index (χ0n) is 20.0. The van der Waals surface area contributed by atoms with Crippen LogP contribution in [-0.4, -0.2) is 112 Å². The van der Waals surface area contributed by atoms with Crippen molar-refractivity contribution in [3.8, 4) is 0 Å². The molecule has 0 aromatic heterocycles. The maximum absolute atomic E-state index is 11.9. The van der Waals surface area contributed by atoms with Crippen molar-refractivity contribution < 1.29 is 54.1 Å². The van der Waals surface area contributed by atoms with E-state index in [1.54, 1.807) is 0 Å². The molecule has 13 heteroatoms. The van der Waals surface area contributed by atoms with Crippen molar-refractivity contribution in [3.05, 3.63) is 35.9 Å². The number of carbonyl (C=O) groups is 2. The van der Waals surface area contributed by atoms with Crippen molar-refractivity contribution in [1.29, 1.82) is 0 Å². The van der Waals surface area contributed by atoms with Crippen molar-refractivity contribution in [2.75, 3.05) is 13.2 Å². The summed E-state index contributed by atoms with van der Waals surface area (Å²) in [5.74, 6) is -1.04. The number of benzene rings is 1. The van der Waals surface area contributed by atoms with Gasteiger partial charge in [-0.05, 0) is 5.56 Å². The van der Waals surface area contributed by atoms with Crippen LogP contribution in [0.25, 0.3) is 0 Å². The van der Waals surface area contributed by atoms with E-state index in [2.05, 4.69) is 10.6 Å². The molecule has 2 amide bonds. The topological polar surface area (TPSA) is 196 Å². The summed E-state index contributed by atoms with van der Waals surface area (Å²) < 4.78 is 23.1. The minimum atomic E-state index is -1.58. The first-order chi connectivity index (χ1) is 17.2. The monoisotopic (exact) mass is 514 g/mol. The molecule has 7 N–H and O–H groups in total. The average Bonchev–Trinajstić information content (AvgIpc) is 2.85. The second kappa shape index (κ2) is 12.9.